The summed E-state index contributed by atoms with van der Waals surface area (Å²) in [5, 5.41) is 0.348. The molecule has 1 aromatic carbocycles. The molecule has 0 fully saturated rings. The normalized spacial score (nSPS) is 11.1. The molecule has 0 radical (unpaired) electrons. The van der Waals surface area contributed by atoms with Crippen LogP contribution in [0.5, 0.6) is 0 Å². The number of halogens is 3. The molecule has 0 amide bonds. The molecule has 1 aromatic heterocycles. The van der Waals surface area contributed by atoms with Gasteiger partial charge in [-0.25, -0.2) is 9.37 Å². The fourth-order valence-corrected chi connectivity index (χ4v) is 1.87. The van der Waals surface area contributed by atoms with Gasteiger partial charge in [-0.15, -0.1) is 0 Å². The molecule has 13 heavy (non-hydrogen) atoms. The number of hydrogen-bond acceptors (Lipinski definition) is 1. The van der Waals surface area contributed by atoms with Crippen molar-refractivity contribution in [1.29, 1.82) is 0 Å². The third-order valence-electron chi connectivity index (χ3n) is 1.85. The van der Waals surface area contributed by atoms with E-state index in [0.29, 0.717) is 20.8 Å². The molecule has 2 nitrogen and oxygen atoms in total. The van der Waals surface area contributed by atoms with Gasteiger partial charge in [0.1, 0.15) is 11.3 Å². The van der Waals surface area contributed by atoms with Crippen LogP contribution in [0.25, 0.3) is 11.0 Å². The maximum absolute atomic E-state index is 13.0. The molecule has 0 aliphatic carbocycles. The Morgan fingerprint density at radius 2 is 2.23 bits per heavy atom. The van der Waals surface area contributed by atoms with E-state index in [1.807, 2.05) is 0 Å². The molecule has 0 saturated carbocycles. The lowest BCUT2D eigenvalue weighted by Gasteiger charge is -1.96. The fourth-order valence-electron chi connectivity index (χ4n) is 1.19. The Hall–Kier alpha value is -0.610. The third kappa shape index (κ3) is 1.34. The highest BCUT2D eigenvalue weighted by Crippen LogP contribution is 2.26. The van der Waals surface area contributed by atoms with Crippen molar-refractivity contribution in [2.75, 3.05) is 0 Å². The molecule has 0 N–H and O–H groups in total. The Kier molecular flexibility index (Phi) is 2.04. The van der Waals surface area contributed by atoms with E-state index >= 15 is 0 Å². The number of imidazole rings is 1. The van der Waals surface area contributed by atoms with E-state index in [4.69, 9.17) is 11.6 Å². The number of rotatable bonds is 0. The van der Waals surface area contributed by atoms with E-state index in [-0.39, 0.29) is 5.82 Å². The van der Waals surface area contributed by atoms with Crippen LogP contribution in [0.1, 0.15) is 0 Å². The van der Waals surface area contributed by atoms with Gasteiger partial charge in [0.2, 0.25) is 5.28 Å². The zero-order valence-electron chi connectivity index (χ0n) is 6.68. The molecule has 5 heteroatoms. The molecule has 0 aliphatic heterocycles. The Morgan fingerprint density at radius 1 is 1.54 bits per heavy atom. The van der Waals surface area contributed by atoms with Gasteiger partial charge < -0.3 is 4.57 Å². The van der Waals surface area contributed by atoms with Crippen LogP contribution in [0.4, 0.5) is 4.39 Å². The Balaban J connectivity index is 2.94. The lowest BCUT2D eigenvalue weighted by atomic mass is 10.3. The number of benzene rings is 1. The highest BCUT2D eigenvalue weighted by atomic mass is 79.9. The van der Waals surface area contributed by atoms with Crippen LogP contribution in [0.15, 0.2) is 16.6 Å². The van der Waals surface area contributed by atoms with Gasteiger partial charge in [-0.05, 0) is 39.7 Å². The van der Waals surface area contributed by atoms with Crippen LogP contribution < -0.4 is 0 Å². The Labute approximate surface area is 87.5 Å². The van der Waals surface area contributed by atoms with Gasteiger partial charge >= 0.3 is 0 Å². The van der Waals surface area contributed by atoms with Crippen molar-refractivity contribution in [2.24, 2.45) is 7.05 Å². The van der Waals surface area contributed by atoms with Crippen molar-refractivity contribution in [1.82, 2.24) is 9.55 Å². The molecule has 2 aromatic rings. The first kappa shape index (κ1) is 8.97. The average molecular weight is 263 g/mol. The summed E-state index contributed by atoms with van der Waals surface area (Å²) in [4.78, 5) is 4.07. The number of aromatic nitrogens is 2. The summed E-state index contributed by atoms with van der Waals surface area (Å²) in [5.41, 5.74) is 1.35. The van der Waals surface area contributed by atoms with Crippen molar-refractivity contribution in [3.05, 3.63) is 27.7 Å². The van der Waals surface area contributed by atoms with Crippen molar-refractivity contribution in [2.45, 2.75) is 0 Å². The van der Waals surface area contributed by atoms with Crippen molar-refractivity contribution < 1.29 is 4.39 Å². The summed E-state index contributed by atoms with van der Waals surface area (Å²) >= 11 is 9.01. The number of nitrogens with zero attached hydrogens (tertiary/aromatic N) is 2. The summed E-state index contributed by atoms with van der Waals surface area (Å²) in [5.74, 6) is -0.306. The quantitative estimate of drug-likeness (QED) is 0.714. The monoisotopic (exact) mass is 262 g/mol. The van der Waals surface area contributed by atoms with Crippen molar-refractivity contribution in [3.63, 3.8) is 0 Å². The van der Waals surface area contributed by atoms with Gasteiger partial charge in [0.15, 0.2) is 0 Å². The Morgan fingerprint density at radius 3 is 2.92 bits per heavy atom. The molecule has 0 saturated heterocycles. The zero-order chi connectivity index (χ0) is 9.59. The van der Waals surface area contributed by atoms with Crippen molar-refractivity contribution >= 4 is 38.6 Å². The molecule has 2 rings (SSSR count). The van der Waals surface area contributed by atoms with Crippen LogP contribution in [-0.2, 0) is 7.05 Å². The van der Waals surface area contributed by atoms with E-state index in [1.165, 1.54) is 12.1 Å². The van der Waals surface area contributed by atoms with Crippen LogP contribution in [0.3, 0.4) is 0 Å². The van der Waals surface area contributed by atoms with Gasteiger partial charge in [-0.3, -0.25) is 0 Å². The van der Waals surface area contributed by atoms with Crippen LogP contribution in [0.2, 0.25) is 5.28 Å². The highest BCUT2D eigenvalue weighted by Gasteiger charge is 2.09. The van der Waals surface area contributed by atoms with Gasteiger partial charge in [0.05, 0.1) is 5.52 Å². The van der Waals surface area contributed by atoms with Crippen LogP contribution >= 0.6 is 27.5 Å². The molecular formula is C8H5BrClFN2. The molecule has 0 spiro atoms. The summed E-state index contributed by atoms with van der Waals surface area (Å²) in [6, 6.07) is 2.77. The van der Waals surface area contributed by atoms with E-state index in [2.05, 4.69) is 20.9 Å². The second kappa shape index (κ2) is 2.96. The maximum Gasteiger partial charge on any atom is 0.203 e. The standard InChI is InChI=1S/C8H5BrClFN2/c1-13-6-3-4(11)2-5(9)7(6)12-8(13)10/h2-3H,1H3. The summed E-state index contributed by atoms with van der Waals surface area (Å²) in [6.45, 7) is 0. The molecule has 0 unspecified atom stereocenters. The molecular weight excluding hydrogens is 258 g/mol. The van der Waals surface area contributed by atoms with E-state index in [0.717, 1.165) is 0 Å². The third-order valence-corrected chi connectivity index (χ3v) is 2.79. The summed E-state index contributed by atoms with van der Waals surface area (Å²) in [6.07, 6.45) is 0. The minimum absolute atomic E-state index is 0.306. The molecule has 0 bridgehead atoms. The number of fused-ring (bicyclic) bond motifs is 1. The first-order chi connectivity index (χ1) is 6.09. The van der Waals surface area contributed by atoms with Crippen molar-refractivity contribution in [3.8, 4) is 0 Å². The van der Waals surface area contributed by atoms with Gasteiger partial charge in [0, 0.05) is 11.5 Å². The molecule has 0 aliphatic rings. The van der Waals surface area contributed by atoms with Crippen LogP contribution in [-0.4, -0.2) is 9.55 Å². The average Bonchev–Trinajstić information content (AvgIpc) is 2.32. The smallest absolute Gasteiger partial charge is 0.203 e. The van der Waals surface area contributed by atoms with E-state index in [1.54, 1.807) is 11.6 Å². The second-order valence-corrected chi connectivity index (χ2v) is 3.89. The van der Waals surface area contributed by atoms with Gasteiger partial charge in [-0.1, -0.05) is 0 Å². The lowest BCUT2D eigenvalue weighted by molar-refractivity contribution is 0.628. The molecule has 68 valence electrons. The number of aryl methyl sites for hydroxylation is 1. The summed E-state index contributed by atoms with van der Waals surface area (Å²) < 4.78 is 15.2. The minimum atomic E-state index is -0.306. The van der Waals surface area contributed by atoms with Crippen LogP contribution in [0, 0.1) is 5.82 Å². The van der Waals surface area contributed by atoms with E-state index < -0.39 is 0 Å². The minimum Gasteiger partial charge on any atom is -0.318 e. The largest absolute Gasteiger partial charge is 0.318 e. The fraction of sp³-hybridized carbons (Fsp3) is 0.125. The maximum atomic E-state index is 13.0. The summed E-state index contributed by atoms with van der Waals surface area (Å²) in [7, 11) is 1.74. The Bertz CT molecular complexity index is 480. The predicted molar refractivity (Wildman–Crippen MR) is 53.4 cm³/mol. The van der Waals surface area contributed by atoms with E-state index in [9.17, 15) is 4.39 Å². The van der Waals surface area contributed by atoms with Gasteiger partial charge in [0.25, 0.3) is 0 Å². The second-order valence-electron chi connectivity index (χ2n) is 2.70. The zero-order valence-corrected chi connectivity index (χ0v) is 9.02. The lowest BCUT2D eigenvalue weighted by Crippen LogP contribution is -1.87. The number of hydrogen-bond donors (Lipinski definition) is 0. The first-order valence-electron chi connectivity index (χ1n) is 3.56. The van der Waals surface area contributed by atoms with Gasteiger partial charge in [-0.2, -0.15) is 0 Å². The molecule has 1 heterocycles. The SMILES string of the molecule is Cn1c(Cl)nc2c(Br)cc(F)cc21. The topological polar surface area (TPSA) is 17.8 Å². The molecule has 0 atom stereocenters. The highest BCUT2D eigenvalue weighted by molar-refractivity contribution is 9.10. The first-order valence-corrected chi connectivity index (χ1v) is 4.73. The predicted octanol–water partition coefficient (Wildman–Crippen LogP) is 3.13.